The lowest BCUT2D eigenvalue weighted by Crippen LogP contribution is -2.43. The maximum absolute atomic E-state index is 13.2. The van der Waals surface area contributed by atoms with E-state index in [4.69, 9.17) is 16.3 Å². The molecular weight excluding hydrogens is 412 g/mol. The zero-order valence-electron chi connectivity index (χ0n) is 15.3. The summed E-state index contributed by atoms with van der Waals surface area (Å²) in [4.78, 5) is 32.9. The van der Waals surface area contributed by atoms with Gasteiger partial charge in [-0.05, 0) is 42.5 Å². The van der Waals surface area contributed by atoms with Gasteiger partial charge in [0, 0.05) is 22.0 Å². The maximum atomic E-state index is 13.2. The van der Waals surface area contributed by atoms with Crippen molar-refractivity contribution in [2.24, 2.45) is 4.99 Å². The minimum absolute atomic E-state index is 0.228. The summed E-state index contributed by atoms with van der Waals surface area (Å²) in [5.74, 6) is 0.330. The average Bonchev–Trinajstić information content (AvgIpc) is 3.23. The quantitative estimate of drug-likeness (QED) is 0.677. The Bertz CT molecular complexity index is 1330. The van der Waals surface area contributed by atoms with E-state index in [1.54, 1.807) is 42.0 Å². The molecule has 1 amide bonds. The van der Waals surface area contributed by atoms with Crippen molar-refractivity contribution < 1.29 is 9.53 Å². The van der Waals surface area contributed by atoms with Crippen molar-refractivity contribution in [1.29, 1.82) is 0 Å². The Balaban J connectivity index is 1.64. The van der Waals surface area contributed by atoms with E-state index in [-0.39, 0.29) is 11.5 Å². The van der Waals surface area contributed by atoms with Gasteiger partial charge in [-0.25, -0.2) is 4.99 Å². The number of thiazole rings is 1. The lowest BCUT2D eigenvalue weighted by molar-refractivity contribution is -0.110. The summed E-state index contributed by atoms with van der Waals surface area (Å²) in [5.41, 5.74) is 2.39. The van der Waals surface area contributed by atoms with Gasteiger partial charge in [0.1, 0.15) is 23.6 Å². The molecule has 1 aromatic heterocycles. The smallest absolute Gasteiger partial charge is 0.272 e. The summed E-state index contributed by atoms with van der Waals surface area (Å²) in [5, 5.41) is 3.47. The van der Waals surface area contributed by atoms with E-state index in [1.807, 2.05) is 17.0 Å². The number of aromatic nitrogens is 1. The van der Waals surface area contributed by atoms with Gasteiger partial charge in [0.05, 0.1) is 12.7 Å². The molecule has 0 saturated heterocycles. The van der Waals surface area contributed by atoms with Crippen LogP contribution < -0.4 is 29.8 Å². The number of fused-ring (bicyclic) bond motifs is 2. The first kappa shape index (κ1) is 18.0. The summed E-state index contributed by atoms with van der Waals surface area (Å²) in [7, 11) is 1.56. The van der Waals surface area contributed by atoms with Crippen LogP contribution in [-0.4, -0.2) is 24.3 Å². The van der Waals surface area contributed by atoms with Crippen LogP contribution in [0.15, 0.2) is 52.3 Å². The van der Waals surface area contributed by atoms with Crippen LogP contribution in [0, 0.1) is 0 Å². The molecule has 0 atom stereocenters. The Kier molecular flexibility index (Phi) is 4.18. The normalized spacial score (nSPS) is 16.8. The first-order chi connectivity index (χ1) is 14.0. The predicted octanol–water partition coefficient (Wildman–Crippen LogP) is 1.78. The zero-order chi connectivity index (χ0) is 20.1. The van der Waals surface area contributed by atoms with Crippen LogP contribution in [0.4, 0.5) is 11.4 Å². The van der Waals surface area contributed by atoms with Gasteiger partial charge in [0.2, 0.25) is 0 Å². The maximum Gasteiger partial charge on any atom is 0.272 e. The lowest BCUT2D eigenvalue weighted by Gasteiger charge is -2.25. The molecule has 0 spiro atoms. The second-order valence-corrected chi connectivity index (χ2v) is 8.06. The minimum atomic E-state index is -0.292. The summed E-state index contributed by atoms with van der Waals surface area (Å²) in [6, 6.07) is 12.7. The number of benzene rings is 2. The van der Waals surface area contributed by atoms with E-state index >= 15 is 0 Å². The van der Waals surface area contributed by atoms with Gasteiger partial charge in [-0.3, -0.25) is 14.2 Å². The number of hydrogen-bond donors (Lipinski definition) is 1. The molecule has 146 valence electrons. The monoisotopic (exact) mass is 426 g/mol. The summed E-state index contributed by atoms with van der Waals surface area (Å²) < 4.78 is 7.25. The molecule has 5 rings (SSSR count). The number of methoxy groups -OCH3 is 1. The van der Waals surface area contributed by atoms with Gasteiger partial charge in [-0.2, -0.15) is 0 Å². The third kappa shape index (κ3) is 2.92. The number of carbonyl (C=O) groups excluding carboxylic acids is 1. The minimum Gasteiger partial charge on any atom is -0.497 e. The van der Waals surface area contributed by atoms with Crippen molar-refractivity contribution in [2.45, 2.75) is 6.67 Å². The fraction of sp³-hybridized carbons (Fsp3) is 0.150. The van der Waals surface area contributed by atoms with E-state index in [2.05, 4.69) is 10.3 Å². The molecule has 0 saturated carbocycles. The Hall–Kier alpha value is -3.10. The fourth-order valence-corrected chi connectivity index (χ4v) is 4.66. The molecule has 2 aliphatic rings. The molecule has 1 N–H and O–H groups in total. The third-order valence-electron chi connectivity index (χ3n) is 4.94. The highest BCUT2D eigenvalue weighted by atomic mass is 35.5. The Labute approximate surface area is 174 Å². The van der Waals surface area contributed by atoms with Crippen LogP contribution in [0.25, 0.3) is 5.57 Å². The molecular formula is C20H15ClN4O3S. The molecule has 0 radical (unpaired) electrons. The number of nitrogens with one attached hydrogen (secondary N) is 1. The highest BCUT2D eigenvalue weighted by molar-refractivity contribution is 7.07. The highest BCUT2D eigenvalue weighted by Crippen LogP contribution is 2.33. The largest absolute Gasteiger partial charge is 0.497 e. The number of carbonyl (C=O) groups is 1. The second-order valence-electron chi connectivity index (χ2n) is 6.64. The van der Waals surface area contributed by atoms with Gasteiger partial charge in [-0.15, -0.1) is 0 Å². The number of ether oxygens (including phenoxy) is 1. The van der Waals surface area contributed by atoms with Crippen LogP contribution >= 0.6 is 22.9 Å². The zero-order valence-corrected chi connectivity index (χ0v) is 16.9. The van der Waals surface area contributed by atoms with E-state index in [0.717, 1.165) is 5.69 Å². The van der Waals surface area contributed by atoms with Gasteiger partial charge in [0.25, 0.3) is 11.5 Å². The Morgan fingerprint density at radius 2 is 1.97 bits per heavy atom. The molecule has 29 heavy (non-hydrogen) atoms. The van der Waals surface area contributed by atoms with Gasteiger partial charge >= 0.3 is 0 Å². The van der Waals surface area contributed by atoms with Crippen LogP contribution in [-0.2, 0) is 11.5 Å². The van der Waals surface area contributed by atoms with E-state index in [1.165, 1.54) is 11.3 Å². The van der Waals surface area contributed by atoms with Crippen molar-refractivity contribution >= 4 is 45.8 Å². The van der Waals surface area contributed by atoms with Crippen molar-refractivity contribution in [3.05, 3.63) is 72.7 Å². The van der Waals surface area contributed by atoms with Crippen LogP contribution in [0.1, 0.15) is 5.56 Å². The van der Waals surface area contributed by atoms with Crippen LogP contribution in [0.2, 0.25) is 5.02 Å². The fourth-order valence-electron chi connectivity index (χ4n) is 3.48. The van der Waals surface area contributed by atoms with E-state index < -0.39 is 0 Å². The highest BCUT2D eigenvalue weighted by Gasteiger charge is 2.28. The van der Waals surface area contributed by atoms with Crippen molar-refractivity contribution in [2.75, 3.05) is 24.0 Å². The number of hydrogen-bond acceptors (Lipinski definition) is 6. The number of amides is 1. The number of nitrogens with zero attached hydrogens (tertiary/aromatic N) is 3. The van der Waals surface area contributed by atoms with E-state index in [0.29, 0.717) is 50.3 Å². The molecule has 9 heteroatoms. The Morgan fingerprint density at radius 3 is 2.72 bits per heavy atom. The molecule has 0 aliphatic carbocycles. The summed E-state index contributed by atoms with van der Waals surface area (Å²) >= 11 is 7.20. The average molecular weight is 427 g/mol. The van der Waals surface area contributed by atoms with E-state index in [9.17, 15) is 9.59 Å². The van der Waals surface area contributed by atoms with Crippen molar-refractivity contribution in [3.63, 3.8) is 0 Å². The van der Waals surface area contributed by atoms with Crippen LogP contribution in [0.5, 0.6) is 5.75 Å². The standard InChI is InChI=1S/C20H15ClN4O3S/c1-28-13-6-7-15-14(8-13)16(18(26)23-15)17-19(27)25-10-24(9-22-20(25)29-17)12-4-2-11(21)3-5-12/h2-8H,9-10H2,1H3,(H,23,26). The first-order valence-electron chi connectivity index (χ1n) is 8.84. The number of halogens is 1. The van der Waals surface area contributed by atoms with Crippen LogP contribution in [0.3, 0.4) is 0 Å². The molecule has 7 nitrogen and oxygen atoms in total. The number of anilines is 2. The van der Waals surface area contributed by atoms with Gasteiger partial charge in [-0.1, -0.05) is 22.9 Å². The van der Waals surface area contributed by atoms with Gasteiger partial charge in [0.15, 0.2) is 4.80 Å². The van der Waals surface area contributed by atoms with Crippen molar-refractivity contribution in [3.8, 4) is 5.75 Å². The Morgan fingerprint density at radius 1 is 1.17 bits per heavy atom. The van der Waals surface area contributed by atoms with Gasteiger partial charge < -0.3 is 15.0 Å². The predicted molar refractivity (Wildman–Crippen MR) is 112 cm³/mol. The topological polar surface area (TPSA) is 75.9 Å². The summed E-state index contributed by atoms with van der Waals surface area (Å²) in [6.07, 6.45) is 0. The molecule has 2 aliphatic heterocycles. The first-order valence-corrected chi connectivity index (χ1v) is 10.0. The molecule has 0 bridgehead atoms. The molecule has 2 aromatic carbocycles. The lowest BCUT2D eigenvalue weighted by atomic mass is 10.1. The summed E-state index contributed by atoms with van der Waals surface area (Å²) in [6.45, 7) is 0.780. The molecule has 3 heterocycles. The second kappa shape index (κ2) is 6.75. The molecule has 3 aromatic rings. The third-order valence-corrected chi connectivity index (χ3v) is 6.31. The van der Waals surface area contributed by atoms with Crippen molar-refractivity contribution in [1.82, 2.24) is 4.57 Å². The SMILES string of the molecule is COc1ccc2c(c1)C(=c1sc3n(c1=O)CN(c1ccc(Cl)cc1)CN=3)C(=O)N2. The molecule has 0 unspecified atom stereocenters. The molecule has 0 fully saturated rings. The number of rotatable bonds is 2.